The fraction of sp³-hybridized carbons (Fsp3) is 0.500. The third-order valence-corrected chi connectivity index (χ3v) is 3.23. The first-order valence-corrected chi connectivity index (χ1v) is 5.44. The second-order valence-electron chi connectivity index (χ2n) is 4.52. The molecule has 1 aromatic rings. The summed E-state index contributed by atoms with van der Waals surface area (Å²) in [4.78, 5) is 0. The Labute approximate surface area is 93.7 Å². The molecule has 0 saturated heterocycles. The van der Waals surface area contributed by atoms with Crippen molar-refractivity contribution in [3.8, 4) is 17.2 Å². The molecule has 3 rings (SSSR count). The van der Waals surface area contributed by atoms with E-state index in [4.69, 9.17) is 14.2 Å². The molecule has 4 nitrogen and oxygen atoms in total. The maximum absolute atomic E-state index is 9.85. The summed E-state index contributed by atoms with van der Waals surface area (Å²) in [6, 6.07) is 5.46. The minimum atomic E-state index is -0.698. The summed E-state index contributed by atoms with van der Waals surface area (Å²) in [6.45, 7) is 2.06. The fourth-order valence-corrected chi connectivity index (χ4v) is 1.98. The third-order valence-electron chi connectivity index (χ3n) is 3.23. The molecule has 0 spiro atoms. The number of hydrogen-bond acceptors (Lipinski definition) is 4. The van der Waals surface area contributed by atoms with Crippen LogP contribution < -0.4 is 14.2 Å². The highest BCUT2D eigenvalue weighted by Gasteiger charge is 2.43. The Hall–Kier alpha value is -1.42. The van der Waals surface area contributed by atoms with Gasteiger partial charge in [-0.2, -0.15) is 0 Å². The smallest absolute Gasteiger partial charge is 0.231 e. The number of aliphatic hydroxyl groups is 1. The molecule has 1 N–H and O–H groups in total. The monoisotopic (exact) mass is 222 g/mol. The molecular formula is C12H14O4. The first-order valence-electron chi connectivity index (χ1n) is 5.44. The number of fused-ring (bicyclic) bond motifs is 1. The van der Waals surface area contributed by atoms with E-state index in [1.807, 2.05) is 12.1 Å². The van der Waals surface area contributed by atoms with Crippen molar-refractivity contribution in [2.75, 3.05) is 6.79 Å². The van der Waals surface area contributed by atoms with Crippen LogP contribution in [-0.2, 0) is 0 Å². The first-order chi connectivity index (χ1) is 7.65. The molecule has 1 heterocycles. The van der Waals surface area contributed by atoms with Gasteiger partial charge in [-0.3, -0.25) is 0 Å². The molecule has 0 unspecified atom stereocenters. The Morgan fingerprint density at radius 3 is 2.88 bits per heavy atom. The van der Waals surface area contributed by atoms with Crippen molar-refractivity contribution in [2.24, 2.45) is 0 Å². The average molecular weight is 222 g/mol. The molecule has 16 heavy (non-hydrogen) atoms. The van der Waals surface area contributed by atoms with Gasteiger partial charge in [0.2, 0.25) is 6.79 Å². The van der Waals surface area contributed by atoms with Gasteiger partial charge in [0, 0.05) is 6.07 Å². The minimum Gasteiger partial charge on any atom is -0.487 e. The second kappa shape index (κ2) is 3.28. The zero-order chi connectivity index (χ0) is 11.2. The number of rotatable bonds is 2. The van der Waals surface area contributed by atoms with E-state index in [1.54, 1.807) is 13.0 Å². The summed E-state index contributed by atoms with van der Waals surface area (Å²) >= 11 is 0. The van der Waals surface area contributed by atoms with E-state index in [0.29, 0.717) is 11.5 Å². The standard InChI is InChI=1S/C12H14O4/c1-12(13)5-4-11(12)16-8-2-3-9-10(6-8)15-7-14-9/h2-3,6,11,13H,4-5,7H2,1H3/t11-,12-/m0/s1. The van der Waals surface area contributed by atoms with Crippen LogP contribution >= 0.6 is 0 Å². The van der Waals surface area contributed by atoms with E-state index in [-0.39, 0.29) is 12.9 Å². The number of benzene rings is 1. The SMILES string of the molecule is C[C@]1(O)CC[C@@H]1Oc1ccc2c(c1)OCO2. The van der Waals surface area contributed by atoms with Crippen LogP contribution in [0.1, 0.15) is 19.8 Å². The van der Waals surface area contributed by atoms with E-state index < -0.39 is 5.60 Å². The van der Waals surface area contributed by atoms with Crippen LogP contribution in [0.4, 0.5) is 0 Å². The summed E-state index contributed by atoms with van der Waals surface area (Å²) in [5.74, 6) is 2.17. The largest absolute Gasteiger partial charge is 0.487 e. The molecule has 86 valence electrons. The Kier molecular flexibility index (Phi) is 2.01. The average Bonchev–Trinajstić information content (AvgIpc) is 2.71. The Morgan fingerprint density at radius 2 is 2.19 bits per heavy atom. The highest BCUT2D eigenvalue weighted by Crippen LogP contribution is 2.39. The molecule has 1 saturated carbocycles. The quantitative estimate of drug-likeness (QED) is 0.827. The predicted octanol–water partition coefficient (Wildman–Crippen LogP) is 1.71. The molecule has 4 heteroatoms. The maximum Gasteiger partial charge on any atom is 0.231 e. The van der Waals surface area contributed by atoms with Crippen molar-refractivity contribution in [3.63, 3.8) is 0 Å². The maximum atomic E-state index is 9.85. The summed E-state index contributed by atoms with van der Waals surface area (Å²) in [7, 11) is 0. The lowest BCUT2D eigenvalue weighted by atomic mass is 9.78. The first kappa shape index (κ1) is 9.78. The van der Waals surface area contributed by atoms with Crippen LogP contribution in [0.3, 0.4) is 0 Å². The van der Waals surface area contributed by atoms with Crippen LogP contribution in [0.2, 0.25) is 0 Å². The van der Waals surface area contributed by atoms with Crippen molar-refractivity contribution >= 4 is 0 Å². The van der Waals surface area contributed by atoms with Crippen LogP contribution in [0.15, 0.2) is 18.2 Å². The molecule has 1 aliphatic heterocycles. The van der Waals surface area contributed by atoms with Gasteiger partial charge < -0.3 is 19.3 Å². The third kappa shape index (κ3) is 1.50. The molecule has 0 amide bonds. The lowest BCUT2D eigenvalue weighted by molar-refractivity contribution is -0.118. The molecule has 0 bridgehead atoms. The van der Waals surface area contributed by atoms with Crippen molar-refractivity contribution in [3.05, 3.63) is 18.2 Å². The normalized spacial score (nSPS) is 31.0. The highest BCUT2D eigenvalue weighted by molar-refractivity contribution is 5.47. The molecular weight excluding hydrogens is 208 g/mol. The van der Waals surface area contributed by atoms with Gasteiger partial charge in [0.1, 0.15) is 11.9 Å². The Morgan fingerprint density at radius 1 is 1.38 bits per heavy atom. The molecule has 1 aliphatic carbocycles. The van der Waals surface area contributed by atoms with E-state index >= 15 is 0 Å². The summed E-state index contributed by atoms with van der Waals surface area (Å²) in [5.41, 5.74) is -0.698. The van der Waals surface area contributed by atoms with Crippen LogP contribution in [0.5, 0.6) is 17.2 Å². The topological polar surface area (TPSA) is 47.9 Å². The van der Waals surface area contributed by atoms with Crippen LogP contribution in [0.25, 0.3) is 0 Å². The zero-order valence-corrected chi connectivity index (χ0v) is 9.10. The van der Waals surface area contributed by atoms with Crippen LogP contribution in [-0.4, -0.2) is 23.6 Å². The van der Waals surface area contributed by atoms with Crippen molar-refractivity contribution in [1.82, 2.24) is 0 Å². The van der Waals surface area contributed by atoms with Gasteiger partial charge in [-0.05, 0) is 31.9 Å². The highest BCUT2D eigenvalue weighted by atomic mass is 16.7. The van der Waals surface area contributed by atoms with Gasteiger partial charge in [-0.1, -0.05) is 0 Å². The summed E-state index contributed by atoms with van der Waals surface area (Å²) in [6.07, 6.45) is 1.57. The van der Waals surface area contributed by atoms with Crippen molar-refractivity contribution < 1.29 is 19.3 Å². The Bertz CT molecular complexity index is 413. The van der Waals surface area contributed by atoms with Gasteiger partial charge in [-0.25, -0.2) is 0 Å². The molecule has 0 aromatic heterocycles. The molecule has 1 fully saturated rings. The van der Waals surface area contributed by atoms with E-state index in [2.05, 4.69) is 0 Å². The summed E-state index contributed by atoms with van der Waals surface area (Å²) < 4.78 is 16.2. The Balaban J connectivity index is 1.76. The summed E-state index contributed by atoms with van der Waals surface area (Å²) in [5, 5.41) is 9.85. The van der Waals surface area contributed by atoms with Gasteiger partial charge in [0.05, 0.1) is 5.60 Å². The number of ether oxygens (including phenoxy) is 3. The van der Waals surface area contributed by atoms with Gasteiger partial charge in [-0.15, -0.1) is 0 Å². The predicted molar refractivity (Wildman–Crippen MR) is 56.8 cm³/mol. The van der Waals surface area contributed by atoms with Gasteiger partial charge in [0.25, 0.3) is 0 Å². The fourth-order valence-electron chi connectivity index (χ4n) is 1.98. The van der Waals surface area contributed by atoms with Gasteiger partial charge in [0.15, 0.2) is 11.5 Å². The molecule has 2 atom stereocenters. The van der Waals surface area contributed by atoms with E-state index in [0.717, 1.165) is 18.6 Å². The van der Waals surface area contributed by atoms with E-state index in [1.165, 1.54) is 0 Å². The number of hydrogen-bond donors (Lipinski definition) is 1. The second-order valence-corrected chi connectivity index (χ2v) is 4.52. The molecule has 2 aliphatic rings. The van der Waals surface area contributed by atoms with Gasteiger partial charge >= 0.3 is 0 Å². The lowest BCUT2D eigenvalue weighted by Gasteiger charge is -2.42. The zero-order valence-electron chi connectivity index (χ0n) is 9.10. The van der Waals surface area contributed by atoms with Crippen molar-refractivity contribution in [1.29, 1.82) is 0 Å². The molecule has 1 aromatic carbocycles. The van der Waals surface area contributed by atoms with Crippen molar-refractivity contribution in [2.45, 2.75) is 31.5 Å². The van der Waals surface area contributed by atoms with Crippen LogP contribution in [0, 0.1) is 0 Å². The minimum absolute atomic E-state index is 0.118. The molecule has 0 radical (unpaired) electrons. The van der Waals surface area contributed by atoms with E-state index in [9.17, 15) is 5.11 Å². The lowest BCUT2D eigenvalue weighted by Crippen LogP contribution is -2.52.